The SMILES string of the molecule is CC1CN(S(=O)(=O)c2ccnc(Cl)c2)CC1C. The molecule has 0 radical (unpaired) electrons. The number of hydrogen-bond donors (Lipinski definition) is 0. The molecule has 0 N–H and O–H groups in total. The van der Waals surface area contributed by atoms with Crippen LogP contribution < -0.4 is 0 Å². The van der Waals surface area contributed by atoms with E-state index in [1.807, 2.05) is 0 Å². The second-order valence-corrected chi connectivity index (χ2v) is 6.92. The summed E-state index contributed by atoms with van der Waals surface area (Å²) in [6.45, 7) is 5.28. The third-order valence-electron chi connectivity index (χ3n) is 3.29. The summed E-state index contributed by atoms with van der Waals surface area (Å²) in [7, 11) is -3.42. The van der Waals surface area contributed by atoms with Crippen molar-refractivity contribution in [1.82, 2.24) is 9.29 Å². The fourth-order valence-electron chi connectivity index (χ4n) is 1.97. The second-order valence-electron chi connectivity index (χ2n) is 4.59. The third kappa shape index (κ3) is 2.46. The van der Waals surface area contributed by atoms with Crippen LogP contribution in [-0.4, -0.2) is 30.8 Å². The van der Waals surface area contributed by atoms with E-state index in [9.17, 15) is 8.42 Å². The monoisotopic (exact) mass is 274 g/mol. The number of rotatable bonds is 2. The van der Waals surface area contributed by atoms with Gasteiger partial charge in [0.2, 0.25) is 10.0 Å². The maximum Gasteiger partial charge on any atom is 0.243 e. The fourth-order valence-corrected chi connectivity index (χ4v) is 3.86. The first-order valence-electron chi connectivity index (χ1n) is 5.53. The van der Waals surface area contributed by atoms with Gasteiger partial charge >= 0.3 is 0 Å². The van der Waals surface area contributed by atoms with Crippen molar-refractivity contribution in [3.05, 3.63) is 23.5 Å². The van der Waals surface area contributed by atoms with Crippen LogP contribution >= 0.6 is 11.6 Å². The molecule has 2 heterocycles. The first-order valence-corrected chi connectivity index (χ1v) is 7.35. The highest BCUT2D eigenvalue weighted by Gasteiger charge is 2.34. The highest BCUT2D eigenvalue weighted by molar-refractivity contribution is 7.89. The molecule has 2 rings (SSSR count). The summed E-state index contributed by atoms with van der Waals surface area (Å²) in [6.07, 6.45) is 1.41. The smallest absolute Gasteiger partial charge is 0.243 e. The number of halogens is 1. The van der Waals surface area contributed by atoms with Crippen molar-refractivity contribution in [3.63, 3.8) is 0 Å². The van der Waals surface area contributed by atoms with Crippen molar-refractivity contribution < 1.29 is 8.42 Å². The third-order valence-corrected chi connectivity index (χ3v) is 5.32. The highest BCUT2D eigenvalue weighted by Crippen LogP contribution is 2.28. The van der Waals surface area contributed by atoms with Gasteiger partial charge in [-0.25, -0.2) is 13.4 Å². The molecule has 4 nitrogen and oxygen atoms in total. The summed E-state index contributed by atoms with van der Waals surface area (Å²) >= 11 is 5.72. The van der Waals surface area contributed by atoms with Crippen LogP contribution in [0.2, 0.25) is 5.15 Å². The van der Waals surface area contributed by atoms with Crippen LogP contribution in [-0.2, 0) is 10.0 Å². The first-order chi connectivity index (χ1) is 7.91. The van der Waals surface area contributed by atoms with Gasteiger partial charge in [0.05, 0.1) is 4.90 Å². The summed E-state index contributed by atoms with van der Waals surface area (Å²) in [5, 5.41) is 0.200. The van der Waals surface area contributed by atoms with Crippen LogP contribution in [0.25, 0.3) is 0 Å². The number of nitrogens with zero attached hydrogens (tertiary/aromatic N) is 2. The van der Waals surface area contributed by atoms with Gasteiger partial charge in [0.1, 0.15) is 5.15 Å². The minimum absolute atomic E-state index is 0.200. The molecule has 0 aromatic carbocycles. The minimum atomic E-state index is -3.42. The lowest BCUT2D eigenvalue weighted by Crippen LogP contribution is -2.29. The van der Waals surface area contributed by atoms with Gasteiger partial charge in [-0.3, -0.25) is 0 Å². The van der Waals surface area contributed by atoms with Gasteiger partial charge < -0.3 is 0 Å². The normalized spacial score (nSPS) is 26.3. The van der Waals surface area contributed by atoms with Crippen LogP contribution in [0.4, 0.5) is 0 Å². The predicted octanol–water partition coefficient (Wildman–Crippen LogP) is 2.01. The Morgan fingerprint density at radius 2 is 1.94 bits per heavy atom. The molecule has 0 spiro atoms. The van der Waals surface area contributed by atoms with E-state index in [-0.39, 0.29) is 10.0 Å². The molecule has 2 atom stereocenters. The van der Waals surface area contributed by atoms with Gasteiger partial charge in [0.15, 0.2) is 0 Å². The Labute approximate surface area is 107 Å². The summed E-state index contributed by atoms with van der Waals surface area (Å²) in [5.74, 6) is 0.782. The summed E-state index contributed by atoms with van der Waals surface area (Å²) < 4.78 is 26.2. The average molecular weight is 275 g/mol. The van der Waals surface area contributed by atoms with Gasteiger partial charge in [0, 0.05) is 19.3 Å². The molecule has 17 heavy (non-hydrogen) atoms. The van der Waals surface area contributed by atoms with E-state index < -0.39 is 10.0 Å². The fraction of sp³-hybridized carbons (Fsp3) is 0.545. The molecule has 1 aliphatic rings. The van der Waals surface area contributed by atoms with Gasteiger partial charge in [-0.2, -0.15) is 4.31 Å². The Kier molecular flexibility index (Phi) is 3.43. The van der Waals surface area contributed by atoms with Crippen LogP contribution in [0.5, 0.6) is 0 Å². The van der Waals surface area contributed by atoms with E-state index in [0.717, 1.165) is 0 Å². The zero-order valence-electron chi connectivity index (χ0n) is 9.80. The molecule has 6 heteroatoms. The molecular weight excluding hydrogens is 260 g/mol. The predicted molar refractivity (Wildman–Crippen MR) is 66.3 cm³/mol. The Balaban J connectivity index is 2.32. The maximum atomic E-state index is 12.3. The zero-order valence-corrected chi connectivity index (χ0v) is 11.4. The number of sulfonamides is 1. The van der Waals surface area contributed by atoms with E-state index >= 15 is 0 Å². The lowest BCUT2D eigenvalue weighted by molar-refractivity contribution is 0.463. The molecule has 1 fully saturated rings. The Morgan fingerprint density at radius 1 is 1.35 bits per heavy atom. The van der Waals surface area contributed by atoms with Gasteiger partial charge in [-0.05, 0) is 24.0 Å². The molecule has 0 aliphatic carbocycles. The van der Waals surface area contributed by atoms with Crippen molar-refractivity contribution in [2.24, 2.45) is 11.8 Å². The van der Waals surface area contributed by atoms with Crippen molar-refractivity contribution in [1.29, 1.82) is 0 Å². The molecule has 94 valence electrons. The van der Waals surface area contributed by atoms with Crippen LogP contribution in [0.3, 0.4) is 0 Å². The van der Waals surface area contributed by atoms with Crippen LogP contribution in [0.15, 0.2) is 23.2 Å². The van der Waals surface area contributed by atoms with Gasteiger partial charge in [0.25, 0.3) is 0 Å². The largest absolute Gasteiger partial charge is 0.244 e. The molecule has 1 aliphatic heterocycles. The van der Waals surface area contributed by atoms with E-state index in [0.29, 0.717) is 24.9 Å². The van der Waals surface area contributed by atoms with Crippen molar-refractivity contribution >= 4 is 21.6 Å². The van der Waals surface area contributed by atoms with Crippen molar-refractivity contribution in [2.45, 2.75) is 18.7 Å². The van der Waals surface area contributed by atoms with E-state index in [2.05, 4.69) is 18.8 Å². The lowest BCUT2D eigenvalue weighted by Gasteiger charge is -2.16. The quantitative estimate of drug-likeness (QED) is 0.775. The van der Waals surface area contributed by atoms with Gasteiger partial charge in [-0.15, -0.1) is 0 Å². The summed E-state index contributed by atoms with van der Waals surface area (Å²) in [6, 6.07) is 2.87. The summed E-state index contributed by atoms with van der Waals surface area (Å²) in [5.41, 5.74) is 0. The lowest BCUT2D eigenvalue weighted by atomic mass is 10.0. The van der Waals surface area contributed by atoms with E-state index in [1.165, 1.54) is 22.6 Å². The number of aromatic nitrogens is 1. The van der Waals surface area contributed by atoms with Crippen molar-refractivity contribution in [2.75, 3.05) is 13.1 Å². The molecule has 1 aromatic heterocycles. The van der Waals surface area contributed by atoms with Crippen molar-refractivity contribution in [3.8, 4) is 0 Å². The number of pyridine rings is 1. The molecular formula is C11H15ClN2O2S. The number of hydrogen-bond acceptors (Lipinski definition) is 3. The van der Waals surface area contributed by atoms with Crippen LogP contribution in [0.1, 0.15) is 13.8 Å². The Bertz CT molecular complexity index is 508. The van der Waals surface area contributed by atoms with E-state index in [1.54, 1.807) is 0 Å². The Hall–Kier alpha value is -0.650. The molecule has 0 bridgehead atoms. The second kappa shape index (κ2) is 4.55. The highest BCUT2D eigenvalue weighted by atomic mass is 35.5. The van der Waals surface area contributed by atoms with E-state index in [4.69, 9.17) is 11.6 Å². The average Bonchev–Trinajstić information content (AvgIpc) is 2.60. The van der Waals surface area contributed by atoms with Gasteiger partial charge in [-0.1, -0.05) is 25.4 Å². The van der Waals surface area contributed by atoms with Crippen LogP contribution in [0, 0.1) is 11.8 Å². The zero-order chi connectivity index (χ0) is 12.6. The molecule has 1 saturated heterocycles. The standard InChI is InChI=1S/C11H15ClN2O2S/c1-8-6-14(7-9(8)2)17(15,16)10-3-4-13-11(12)5-10/h3-5,8-9H,6-7H2,1-2H3. The molecule has 1 aromatic rings. The summed E-state index contributed by atoms with van der Waals surface area (Å²) in [4.78, 5) is 4.01. The molecule has 0 saturated carbocycles. The minimum Gasteiger partial charge on any atom is -0.244 e. The first kappa shape index (κ1) is 12.8. The molecule has 0 amide bonds. The maximum absolute atomic E-state index is 12.3. The molecule has 2 unspecified atom stereocenters. The Morgan fingerprint density at radius 3 is 2.47 bits per heavy atom. The topological polar surface area (TPSA) is 50.3 Å².